The fraction of sp³-hybridized carbons (Fsp3) is 0.125. The van der Waals surface area contributed by atoms with Gasteiger partial charge in [-0.05, 0) is 35.9 Å². The Morgan fingerprint density at radius 3 is 2.43 bits per heavy atom. The monoisotopic (exact) mass is 283 g/mol. The third-order valence-electron chi connectivity index (χ3n) is 3.00. The van der Waals surface area contributed by atoms with Gasteiger partial charge >= 0.3 is 0 Å². The van der Waals surface area contributed by atoms with Gasteiger partial charge in [0.15, 0.2) is 0 Å². The molecule has 0 saturated carbocycles. The van der Waals surface area contributed by atoms with E-state index in [1.807, 2.05) is 12.1 Å². The first kappa shape index (κ1) is 14.6. The highest BCUT2D eigenvalue weighted by molar-refractivity contribution is 6.04. The van der Waals surface area contributed by atoms with Crippen LogP contribution in [-0.2, 0) is 11.2 Å². The zero-order valence-corrected chi connectivity index (χ0v) is 11.7. The Morgan fingerprint density at radius 2 is 1.81 bits per heavy atom. The fourth-order valence-electron chi connectivity index (χ4n) is 1.86. The molecule has 0 aromatic heterocycles. The minimum atomic E-state index is -0.221. The van der Waals surface area contributed by atoms with Crippen molar-refractivity contribution in [3.05, 3.63) is 59.7 Å². The van der Waals surface area contributed by atoms with E-state index < -0.39 is 0 Å². The van der Waals surface area contributed by atoms with Gasteiger partial charge in [0.25, 0.3) is 5.91 Å². The van der Waals surface area contributed by atoms with E-state index in [0.29, 0.717) is 23.4 Å². The first-order valence-electron chi connectivity index (χ1n) is 6.55. The second kappa shape index (κ2) is 6.56. The summed E-state index contributed by atoms with van der Waals surface area (Å²) in [5.41, 5.74) is 8.26. The van der Waals surface area contributed by atoms with Crippen molar-refractivity contribution < 1.29 is 9.59 Å². The molecule has 2 aromatic rings. The van der Waals surface area contributed by atoms with Crippen LogP contribution in [0.3, 0.4) is 0 Å². The zero-order chi connectivity index (χ0) is 15.2. The SMILES string of the molecule is CNC(=O)Cc1ccc(NC(=O)c2cccc(N)c2)cc1. The van der Waals surface area contributed by atoms with Crippen LogP contribution in [0.4, 0.5) is 11.4 Å². The molecule has 0 bridgehead atoms. The molecule has 0 aliphatic heterocycles. The number of hydrogen-bond acceptors (Lipinski definition) is 3. The second-order valence-electron chi connectivity index (χ2n) is 4.63. The molecule has 2 rings (SSSR count). The van der Waals surface area contributed by atoms with Gasteiger partial charge in [0, 0.05) is 24.0 Å². The standard InChI is InChI=1S/C16H17N3O2/c1-18-15(20)9-11-5-7-14(8-6-11)19-16(21)12-3-2-4-13(17)10-12/h2-8,10H,9,17H2,1H3,(H,18,20)(H,19,21). The van der Waals surface area contributed by atoms with Gasteiger partial charge in [-0.15, -0.1) is 0 Å². The highest BCUT2D eigenvalue weighted by Gasteiger charge is 2.06. The van der Waals surface area contributed by atoms with Crippen LogP contribution in [-0.4, -0.2) is 18.9 Å². The van der Waals surface area contributed by atoms with Gasteiger partial charge in [0.1, 0.15) is 0 Å². The molecule has 5 nitrogen and oxygen atoms in total. The van der Waals surface area contributed by atoms with Crippen LogP contribution in [0.5, 0.6) is 0 Å². The fourth-order valence-corrected chi connectivity index (χ4v) is 1.86. The van der Waals surface area contributed by atoms with E-state index in [-0.39, 0.29) is 11.8 Å². The molecule has 0 saturated heterocycles. The van der Waals surface area contributed by atoms with Gasteiger partial charge < -0.3 is 16.4 Å². The topological polar surface area (TPSA) is 84.2 Å². The van der Waals surface area contributed by atoms with Crippen LogP contribution < -0.4 is 16.4 Å². The number of nitrogen functional groups attached to an aromatic ring is 1. The molecule has 108 valence electrons. The van der Waals surface area contributed by atoms with E-state index in [0.717, 1.165) is 5.56 Å². The Bertz CT molecular complexity index is 651. The molecule has 2 amide bonds. The van der Waals surface area contributed by atoms with Crippen molar-refractivity contribution in [1.29, 1.82) is 0 Å². The molecule has 0 radical (unpaired) electrons. The Kier molecular flexibility index (Phi) is 4.56. The molecule has 0 aliphatic rings. The van der Waals surface area contributed by atoms with Crippen molar-refractivity contribution in [2.45, 2.75) is 6.42 Å². The molecule has 21 heavy (non-hydrogen) atoms. The summed E-state index contributed by atoms with van der Waals surface area (Å²) in [4.78, 5) is 23.3. The van der Waals surface area contributed by atoms with Gasteiger partial charge in [0.05, 0.1) is 6.42 Å². The van der Waals surface area contributed by atoms with Crippen molar-refractivity contribution in [2.24, 2.45) is 0 Å². The third-order valence-corrected chi connectivity index (χ3v) is 3.00. The summed E-state index contributed by atoms with van der Waals surface area (Å²) in [5.74, 6) is -0.270. The second-order valence-corrected chi connectivity index (χ2v) is 4.63. The van der Waals surface area contributed by atoms with Crippen molar-refractivity contribution in [3.8, 4) is 0 Å². The molecule has 0 heterocycles. The molecule has 0 aliphatic carbocycles. The van der Waals surface area contributed by atoms with E-state index >= 15 is 0 Å². The van der Waals surface area contributed by atoms with E-state index in [1.54, 1.807) is 43.4 Å². The molecule has 2 aromatic carbocycles. The van der Waals surface area contributed by atoms with Crippen LogP contribution in [0.25, 0.3) is 0 Å². The average molecular weight is 283 g/mol. The first-order chi connectivity index (χ1) is 10.1. The summed E-state index contributed by atoms with van der Waals surface area (Å²) in [6.07, 6.45) is 0.319. The lowest BCUT2D eigenvalue weighted by atomic mass is 10.1. The Balaban J connectivity index is 2.03. The maximum Gasteiger partial charge on any atom is 0.255 e. The van der Waals surface area contributed by atoms with Gasteiger partial charge in [-0.3, -0.25) is 9.59 Å². The average Bonchev–Trinajstić information content (AvgIpc) is 2.49. The van der Waals surface area contributed by atoms with Crippen LogP contribution in [0.1, 0.15) is 15.9 Å². The number of amides is 2. The highest BCUT2D eigenvalue weighted by Crippen LogP contribution is 2.13. The normalized spacial score (nSPS) is 9.95. The van der Waals surface area contributed by atoms with Crippen molar-refractivity contribution in [3.63, 3.8) is 0 Å². The number of nitrogens with two attached hydrogens (primary N) is 1. The van der Waals surface area contributed by atoms with E-state index in [1.165, 1.54) is 0 Å². The van der Waals surface area contributed by atoms with Crippen molar-refractivity contribution >= 4 is 23.2 Å². The third kappa shape index (κ3) is 4.07. The van der Waals surface area contributed by atoms with Crippen LogP contribution in [0, 0.1) is 0 Å². The number of rotatable bonds is 4. The smallest absolute Gasteiger partial charge is 0.255 e. The molecule has 0 unspecified atom stereocenters. The molecular formula is C16H17N3O2. The lowest BCUT2D eigenvalue weighted by Gasteiger charge is -2.07. The minimum Gasteiger partial charge on any atom is -0.399 e. The van der Waals surface area contributed by atoms with Crippen molar-refractivity contribution in [1.82, 2.24) is 5.32 Å². The molecule has 0 spiro atoms. The molecular weight excluding hydrogens is 266 g/mol. The zero-order valence-electron chi connectivity index (χ0n) is 11.7. The van der Waals surface area contributed by atoms with Gasteiger partial charge in [-0.1, -0.05) is 18.2 Å². The predicted molar refractivity (Wildman–Crippen MR) is 83.0 cm³/mol. The van der Waals surface area contributed by atoms with Gasteiger partial charge in [0.2, 0.25) is 5.91 Å². The number of hydrogen-bond donors (Lipinski definition) is 3. The summed E-state index contributed by atoms with van der Waals surface area (Å²) >= 11 is 0. The lowest BCUT2D eigenvalue weighted by molar-refractivity contribution is -0.119. The number of nitrogens with one attached hydrogen (secondary N) is 2. The maximum atomic E-state index is 12.0. The maximum absolute atomic E-state index is 12.0. The Labute approximate surface area is 123 Å². The van der Waals surface area contributed by atoms with Crippen molar-refractivity contribution in [2.75, 3.05) is 18.1 Å². The van der Waals surface area contributed by atoms with E-state index in [4.69, 9.17) is 5.73 Å². The molecule has 0 fully saturated rings. The highest BCUT2D eigenvalue weighted by atomic mass is 16.2. The minimum absolute atomic E-state index is 0.0495. The number of carbonyl (C=O) groups excluding carboxylic acids is 2. The van der Waals surface area contributed by atoms with Gasteiger partial charge in [-0.2, -0.15) is 0 Å². The number of likely N-dealkylation sites (N-methyl/N-ethyl adjacent to an activating group) is 1. The predicted octanol–water partition coefficient (Wildman–Crippen LogP) is 1.81. The largest absolute Gasteiger partial charge is 0.399 e. The Hall–Kier alpha value is -2.82. The van der Waals surface area contributed by atoms with E-state index in [2.05, 4.69) is 10.6 Å². The summed E-state index contributed by atoms with van der Waals surface area (Å²) in [7, 11) is 1.60. The number of anilines is 2. The molecule has 4 N–H and O–H groups in total. The van der Waals surface area contributed by atoms with Crippen LogP contribution >= 0.6 is 0 Å². The quantitative estimate of drug-likeness (QED) is 0.748. The van der Waals surface area contributed by atoms with Crippen LogP contribution in [0.15, 0.2) is 48.5 Å². The summed E-state index contributed by atoms with van der Waals surface area (Å²) in [5, 5.41) is 5.35. The number of carbonyl (C=O) groups is 2. The molecule has 5 heteroatoms. The Morgan fingerprint density at radius 1 is 1.10 bits per heavy atom. The first-order valence-corrected chi connectivity index (χ1v) is 6.55. The summed E-state index contributed by atoms with van der Waals surface area (Å²) in [6, 6.07) is 13.9. The summed E-state index contributed by atoms with van der Waals surface area (Å²) < 4.78 is 0. The van der Waals surface area contributed by atoms with E-state index in [9.17, 15) is 9.59 Å². The van der Waals surface area contributed by atoms with Crippen LogP contribution in [0.2, 0.25) is 0 Å². The summed E-state index contributed by atoms with van der Waals surface area (Å²) in [6.45, 7) is 0. The van der Waals surface area contributed by atoms with Gasteiger partial charge in [-0.25, -0.2) is 0 Å². The lowest BCUT2D eigenvalue weighted by Crippen LogP contribution is -2.19. The molecule has 0 atom stereocenters. The number of benzene rings is 2.